The van der Waals surface area contributed by atoms with Crippen LogP contribution in [0, 0.1) is 10.1 Å². The number of nitrogens with two attached hydrogens (primary N) is 1. The molecule has 2 aromatic rings. The van der Waals surface area contributed by atoms with Gasteiger partial charge in [-0.25, -0.2) is 9.59 Å². The van der Waals surface area contributed by atoms with Crippen molar-refractivity contribution in [3.8, 4) is 0 Å². The summed E-state index contributed by atoms with van der Waals surface area (Å²) < 4.78 is 9.40. The van der Waals surface area contributed by atoms with Crippen LogP contribution in [0.2, 0.25) is 0 Å². The van der Waals surface area contributed by atoms with Crippen molar-refractivity contribution in [1.29, 1.82) is 0 Å². The van der Waals surface area contributed by atoms with Crippen molar-refractivity contribution < 1.29 is 28.8 Å². The molecule has 0 aliphatic carbocycles. The molecule has 0 bridgehead atoms. The van der Waals surface area contributed by atoms with Crippen LogP contribution < -0.4 is 11.1 Å². The van der Waals surface area contributed by atoms with Crippen LogP contribution in [0.5, 0.6) is 0 Å². The average Bonchev–Trinajstić information content (AvgIpc) is 3.07. The number of ether oxygens (including phenoxy) is 2. The van der Waals surface area contributed by atoms with Gasteiger partial charge in [-0.05, 0) is 23.6 Å². The van der Waals surface area contributed by atoms with Crippen molar-refractivity contribution in [2.75, 3.05) is 24.8 Å². The van der Waals surface area contributed by atoms with Crippen LogP contribution in [0.3, 0.4) is 0 Å². The monoisotopic (exact) mass is 379 g/mol. The topological polar surface area (TPSA) is 151 Å². The van der Waals surface area contributed by atoms with Gasteiger partial charge >= 0.3 is 11.9 Å². The molecule has 1 aromatic heterocycles. The highest BCUT2D eigenvalue weighted by Gasteiger charge is 2.19. The van der Waals surface area contributed by atoms with Crippen molar-refractivity contribution in [3.05, 3.63) is 50.2 Å². The molecular weight excluding hydrogens is 366 g/mol. The van der Waals surface area contributed by atoms with Crippen LogP contribution >= 0.6 is 11.3 Å². The molecule has 0 saturated heterocycles. The first kappa shape index (κ1) is 18.9. The Kier molecular flexibility index (Phi) is 5.86. The number of hydrogen-bond acceptors (Lipinski definition) is 9. The van der Waals surface area contributed by atoms with Gasteiger partial charge in [0.1, 0.15) is 10.6 Å². The average molecular weight is 379 g/mol. The largest absolute Gasteiger partial charge is 0.465 e. The molecule has 0 atom stereocenters. The van der Waals surface area contributed by atoms with E-state index >= 15 is 0 Å². The van der Waals surface area contributed by atoms with Gasteiger partial charge in [-0.1, -0.05) is 0 Å². The smallest absolute Gasteiger partial charge is 0.350 e. The molecule has 0 unspecified atom stereocenters. The summed E-state index contributed by atoms with van der Waals surface area (Å²) >= 11 is 1.08. The van der Waals surface area contributed by atoms with Gasteiger partial charge in [-0.3, -0.25) is 14.9 Å². The van der Waals surface area contributed by atoms with E-state index < -0.39 is 35.1 Å². The van der Waals surface area contributed by atoms with E-state index in [9.17, 15) is 24.5 Å². The number of benzene rings is 1. The lowest BCUT2D eigenvalue weighted by Crippen LogP contribution is -2.21. The molecule has 136 valence electrons. The molecule has 1 amide bonds. The Morgan fingerprint density at radius 3 is 2.65 bits per heavy atom. The Bertz CT molecular complexity index is 878. The van der Waals surface area contributed by atoms with Crippen molar-refractivity contribution in [2.24, 2.45) is 0 Å². The maximum Gasteiger partial charge on any atom is 0.350 e. The number of methoxy groups -OCH3 is 1. The number of carbonyl (C=O) groups excluding carboxylic acids is 3. The molecule has 1 heterocycles. The second kappa shape index (κ2) is 8.07. The second-order valence-electron chi connectivity index (χ2n) is 4.81. The molecule has 2 rings (SSSR count). The van der Waals surface area contributed by atoms with Gasteiger partial charge in [-0.15, -0.1) is 11.3 Å². The van der Waals surface area contributed by atoms with E-state index in [0.717, 1.165) is 17.4 Å². The number of thiophene rings is 1. The van der Waals surface area contributed by atoms with E-state index in [1.807, 2.05) is 0 Å². The van der Waals surface area contributed by atoms with E-state index in [4.69, 9.17) is 10.5 Å². The molecule has 11 heteroatoms. The number of anilines is 2. The third-order valence-electron chi connectivity index (χ3n) is 3.11. The zero-order chi connectivity index (χ0) is 19.3. The number of nitrogens with zero attached hydrogens (tertiary/aromatic N) is 1. The molecule has 0 saturated carbocycles. The molecule has 10 nitrogen and oxygen atoms in total. The lowest BCUT2D eigenvalue weighted by atomic mass is 10.2. The maximum atomic E-state index is 11.9. The number of nitrogen functional groups attached to an aromatic ring is 1. The first-order chi connectivity index (χ1) is 12.3. The highest BCUT2D eigenvalue weighted by molar-refractivity contribution is 7.12. The van der Waals surface area contributed by atoms with Crippen LogP contribution in [0.1, 0.15) is 20.0 Å². The zero-order valence-electron chi connectivity index (χ0n) is 13.4. The zero-order valence-corrected chi connectivity index (χ0v) is 14.2. The van der Waals surface area contributed by atoms with Gasteiger partial charge in [0, 0.05) is 6.07 Å². The van der Waals surface area contributed by atoms with Gasteiger partial charge in [-0.2, -0.15) is 0 Å². The SMILES string of the molecule is COC(=O)c1sccc1NC(=O)COC(=O)c1ccc(N)c([N+](=O)[O-])c1. The fraction of sp³-hybridized carbons (Fsp3) is 0.133. The Morgan fingerprint density at radius 1 is 1.27 bits per heavy atom. The van der Waals surface area contributed by atoms with E-state index in [2.05, 4.69) is 10.1 Å². The van der Waals surface area contributed by atoms with Gasteiger partial charge in [0.15, 0.2) is 6.61 Å². The summed E-state index contributed by atoms with van der Waals surface area (Å²) in [6.07, 6.45) is 0. The van der Waals surface area contributed by atoms with Gasteiger partial charge in [0.05, 0.1) is 23.3 Å². The van der Waals surface area contributed by atoms with Crippen LogP contribution in [-0.4, -0.2) is 36.5 Å². The predicted molar refractivity (Wildman–Crippen MR) is 92.1 cm³/mol. The fourth-order valence-corrected chi connectivity index (χ4v) is 2.65. The molecule has 26 heavy (non-hydrogen) atoms. The predicted octanol–water partition coefficient (Wildman–Crippen LogP) is 1.82. The molecule has 0 fully saturated rings. The van der Waals surface area contributed by atoms with Crippen molar-refractivity contribution >= 4 is 46.2 Å². The second-order valence-corrected chi connectivity index (χ2v) is 5.73. The summed E-state index contributed by atoms with van der Waals surface area (Å²) in [4.78, 5) is 45.6. The number of nitrogens with one attached hydrogen (secondary N) is 1. The number of esters is 2. The van der Waals surface area contributed by atoms with Gasteiger partial charge in [0.25, 0.3) is 11.6 Å². The van der Waals surface area contributed by atoms with Crippen LogP contribution in [-0.2, 0) is 14.3 Å². The Labute approximate surface area is 150 Å². The van der Waals surface area contributed by atoms with Crippen LogP contribution in [0.15, 0.2) is 29.6 Å². The van der Waals surface area contributed by atoms with Crippen LogP contribution in [0.25, 0.3) is 0 Å². The first-order valence-corrected chi connectivity index (χ1v) is 7.88. The van der Waals surface area contributed by atoms with Crippen molar-refractivity contribution in [2.45, 2.75) is 0 Å². The van der Waals surface area contributed by atoms with Gasteiger partial charge in [0.2, 0.25) is 0 Å². The quantitative estimate of drug-likeness (QED) is 0.334. The molecule has 0 aliphatic heterocycles. The number of amides is 1. The van der Waals surface area contributed by atoms with E-state index in [0.29, 0.717) is 0 Å². The maximum absolute atomic E-state index is 11.9. The van der Waals surface area contributed by atoms with E-state index in [1.54, 1.807) is 5.38 Å². The summed E-state index contributed by atoms with van der Waals surface area (Å²) in [5, 5.41) is 14.8. The minimum atomic E-state index is -0.929. The third-order valence-corrected chi connectivity index (χ3v) is 4.00. The molecule has 0 spiro atoms. The number of nitro benzene ring substituents is 1. The number of hydrogen-bond donors (Lipinski definition) is 2. The third kappa shape index (κ3) is 4.33. The summed E-state index contributed by atoms with van der Waals surface area (Å²) in [6, 6.07) is 4.91. The summed E-state index contributed by atoms with van der Waals surface area (Å²) in [7, 11) is 1.21. The summed E-state index contributed by atoms with van der Waals surface area (Å²) in [6.45, 7) is -0.645. The minimum Gasteiger partial charge on any atom is -0.465 e. The highest BCUT2D eigenvalue weighted by atomic mass is 32.1. The number of carbonyl (C=O) groups is 3. The highest BCUT2D eigenvalue weighted by Crippen LogP contribution is 2.24. The standard InChI is InChI=1S/C15H13N3O7S/c1-24-15(21)13-10(4-5-26-13)17-12(19)7-25-14(20)8-2-3-9(16)11(6-8)18(22)23/h2-6H,7,16H2,1H3,(H,17,19). The van der Waals surface area contributed by atoms with E-state index in [1.165, 1.54) is 25.3 Å². The summed E-state index contributed by atoms with van der Waals surface area (Å²) in [5.74, 6) is -2.23. The normalized spacial score (nSPS) is 10.0. The molecule has 1 aromatic carbocycles. The summed E-state index contributed by atoms with van der Waals surface area (Å²) in [5.41, 5.74) is 5.01. The number of nitro groups is 1. The Morgan fingerprint density at radius 2 is 2.00 bits per heavy atom. The number of rotatable bonds is 6. The van der Waals surface area contributed by atoms with Crippen molar-refractivity contribution in [1.82, 2.24) is 0 Å². The minimum absolute atomic E-state index is 0.0999. The molecular formula is C15H13N3O7S. The molecule has 0 radical (unpaired) electrons. The van der Waals surface area contributed by atoms with Crippen LogP contribution in [0.4, 0.5) is 17.1 Å². The Balaban J connectivity index is 1.98. The van der Waals surface area contributed by atoms with Crippen molar-refractivity contribution in [3.63, 3.8) is 0 Å². The molecule has 0 aliphatic rings. The Hall–Kier alpha value is -3.47. The molecule has 3 N–H and O–H groups in total. The lowest BCUT2D eigenvalue weighted by molar-refractivity contribution is -0.383. The lowest BCUT2D eigenvalue weighted by Gasteiger charge is -2.07. The van der Waals surface area contributed by atoms with E-state index in [-0.39, 0.29) is 21.8 Å². The van der Waals surface area contributed by atoms with Gasteiger partial charge < -0.3 is 20.5 Å². The first-order valence-electron chi connectivity index (χ1n) is 7.00. The fourth-order valence-electron chi connectivity index (χ4n) is 1.89.